The van der Waals surface area contributed by atoms with Crippen LogP contribution in [0.15, 0.2) is 61.1 Å². The zero-order valence-electron chi connectivity index (χ0n) is 28.1. The van der Waals surface area contributed by atoms with Gasteiger partial charge in [0.05, 0.1) is 42.7 Å². The van der Waals surface area contributed by atoms with E-state index >= 15 is 0 Å². The van der Waals surface area contributed by atoms with Crippen LogP contribution in [0.1, 0.15) is 71.3 Å². The molecule has 0 saturated carbocycles. The van der Waals surface area contributed by atoms with Gasteiger partial charge in [0.2, 0.25) is 10.0 Å². The van der Waals surface area contributed by atoms with Gasteiger partial charge in [-0.05, 0) is 66.3 Å². The van der Waals surface area contributed by atoms with Crippen LogP contribution < -0.4 is 20.1 Å². The Morgan fingerprint density at radius 1 is 1.02 bits per heavy atom. The minimum atomic E-state index is -5.08. The molecule has 0 radical (unpaired) electrons. The first-order valence-electron chi connectivity index (χ1n) is 14.7. The third kappa shape index (κ3) is 10.5. The summed E-state index contributed by atoms with van der Waals surface area (Å²) < 4.78 is 65.3. The van der Waals surface area contributed by atoms with Gasteiger partial charge in [-0.2, -0.15) is 13.2 Å². The fourth-order valence-electron chi connectivity index (χ4n) is 4.31. The average molecular weight is 720 g/mol. The number of aliphatic carboxylic acids is 1. The first-order chi connectivity index (χ1) is 23.1. The predicted molar refractivity (Wildman–Crippen MR) is 178 cm³/mol. The van der Waals surface area contributed by atoms with E-state index in [4.69, 9.17) is 14.6 Å². The number of methoxy groups -OCH3 is 1. The number of rotatable bonds is 9. The number of ether oxygens (including phenoxy) is 1. The molecule has 2 aromatic heterocycles. The molecule has 0 aliphatic heterocycles. The number of halogens is 3. The molecule has 14 nitrogen and oxygen atoms in total. The molecule has 0 aliphatic rings. The van der Waals surface area contributed by atoms with Gasteiger partial charge in [0.1, 0.15) is 0 Å². The minimum absolute atomic E-state index is 0.111. The van der Waals surface area contributed by atoms with E-state index in [1.807, 2.05) is 40.7 Å². The van der Waals surface area contributed by atoms with Gasteiger partial charge in [-0.15, -0.1) is 5.10 Å². The van der Waals surface area contributed by atoms with Crippen LogP contribution in [0, 0.1) is 6.92 Å². The molecule has 4 N–H and O–H groups in total. The molecule has 0 aliphatic carbocycles. The summed E-state index contributed by atoms with van der Waals surface area (Å²) in [6.07, 6.45) is 0.796. The summed E-state index contributed by atoms with van der Waals surface area (Å²) in [7, 11) is -2.23. The Morgan fingerprint density at radius 3 is 2.20 bits per heavy atom. The maximum atomic E-state index is 13.5. The van der Waals surface area contributed by atoms with Crippen molar-refractivity contribution in [1.29, 1.82) is 0 Å². The van der Waals surface area contributed by atoms with Gasteiger partial charge in [0.25, 0.3) is 11.8 Å². The smallest absolute Gasteiger partial charge is 0.490 e. The number of carboxylic acid groups (broad SMARTS) is 1. The number of pyridine rings is 1. The summed E-state index contributed by atoms with van der Waals surface area (Å²) in [6.45, 7) is 9.62. The molecule has 0 bridgehead atoms. The molecule has 1 unspecified atom stereocenters. The lowest BCUT2D eigenvalue weighted by Gasteiger charge is -2.24. The monoisotopic (exact) mass is 719 g/mol. The lowest BCUT2D eigenvalue weighted by molar-refractivity contribution is -0.192. The van der Waals surface area contributed by atoms with Crippen LogP contribution in [0.5, 0.6) is 5.75 Å². The Hall–Kier alpha value is -5.52. The molecule has 0 fully saturated rings. The van der Waals surface area contributed by atoms with Crippen molar-refractivity contribution < 1.29 is 45.8 Å². The molecule has 18 heteroatoms. The van der Waals surface area contributed by atoms with Crippen LogP contribution in [0.4, 0.5) is 24.5 Å². The number of aryl methyl sites for hydroxylation is 1. The number of alkyl halides is 3. The van der Waals surface area contributed by atoms with Gasteiger partial charge >= 0.3 is 12.1 Å². The van der Waals surface area contributed by atoms with Crippen LogP contribution in [0.25, 0.3) is 5.69 Å². The van der Waals surface area contributed by atoms with Crippen molar-refractivity contribution in [2.75, 3.05) is 23.4 Å². The molecule has 2 heterocycles. The first-order valence-corrected chi connectivity index (χ1v) is 16.6. The van der Waals surface area contributed by atoms with Crippen LogP contribution in [-0.2, 0) is 20.2 Å². The van der Waals surface area contributed by atoms with Crippen molar-refractivity contribution in [1.82, 2.24) is 25.3 Å². The predicted octanol–water partition coefficient (Wildman–Crippen LogP) is 5.02. The zero-order valence-corrected chi connectivity index (χ0v) is 28.9. The van der Waals surface area contributed by atoms with Crippen molar-refractivity contribution >= 4 is 39.2 Å². The van der Waals surface area contributed by atoms with Gasteiger partial charge in [0, 0.05) is 18.0 Å². The van der Waals surface area contributed by atoms with Crippen molar-refractivity contribution in [3.05, 3.63) is 89.0 Å². The third-order valence-electron chi connectivity index (χ3n) is 6.92. The SMILES string of the molecule is COc1c(NC(=O)c2ccc(C)c(-n3cc(C(=O)NC(C)c4cccnc4)nn3)c2)cc(C(C)(C)C)cc1NS(C)(=O)=O.O=C(O)C(F)(F)F. The molecule has 0 spiro atoms. The third-order valence-corrected chi connectivity index (χ3v) is 7.51. The number of sulfonamides is 1. The van der Waals surface area contributed by atoms with Crippen molar-refractivity contribution in [2.45, 2.75) is 52.3 Å². The van der Waals surface area contributed by atoms with E-state index in [-0.39, 0.29) is 28.6 Å². The molecular formula is C32H36F3N7O7S. The summed E-state index contributed by atoms with van der Waals surface area (Å²) in [5, 5.41) is 21.0. The van der Waals surface area contributed by atoms with Gasteiger partial charge in [0.15, 0.2) is 11.4 Å². The van der Waals surface area contributed by atoms with Crippen LogP contribution in [-0.4, -0.2) is 70.8 Å². The van der Waals surface area contributed by atoms with Gasteiger partial charge < -0.3 is 20.5 Å². The Morgan fingerprint density at radius 2 is 1.66 bits per heavy atom. The molecule has 2 amide bonds. The number of amides is 2. The Kier molecular flexibility index (Phi) is 12.0. The summed E-state index contributed by atoms with van der Waals surface area (Å²) in [6, 6.07) is 11.9. The molecule has 4 aromatic rings. The van der Waals surface area contributed by atoms with Crippen LogP contribution in [0.2, 0.25) is 0 Å². The first kappa shape index (κ1) is 38.9. The topological polar surface area (TPSA) is 194 Å². The summed E-state index contributed by atoms with van der Waals surface area (Å²) in [5.74, 6) is -3.45. The van der Waals surface area contributed by atoms with Crippen molar-refractivity contribution in [2.24, 2.45) is 0 Å². The molecule has 268 valence electrons. The molecule has 0 saturated heterocycles. The largest absolute Gasteiger partial charge is 0.492 e. The number of carboxylic acids is 1. The summed E-state index contributed by atoms with van der Waals surface area (Å²) in [4.78, 5) is 39.3. The van der Waals surface area contributed by atoms with Gasteiger partial charge in [-0.3, -0.25) is 19.3 Å². The van der Waals surface area contributed by atoms with Crippen LogP contribution in [0.3, 0.4) is 0 Å². The van der Waals surface area contributed by atoms with E-state index in [1.165, 1.54) is 18.0 Å². The Bertz CT molecular complexity index is 1980. The van der Waals surface area contributed by atoms with Gasteiger partial charge in [-0.25, -0.2) is 17.9 Å². The number of carbonyl (C=O) groups is 3. The molecule has 1 atom stereocenters. The Balaban J connectivity index is 0.000000872. The normalized spacial score (nSPS) is 12.2. The number of hydrogen-bond donors (Lipinski definition) is 4. The zero-order chi connectivity index (χ0) is 37.6. The van der Waals surface area contributed by atoms with Crippen LogP contribution >= 0.6 is 0 Å². The van der Waals surface area contributed by atoms with Crippen molar-refractivity contribution in [3.63, 3.8) is 0 Å². The highest BCUT2D eigenvalue weighted by molar-refractivity contribution is 7.92. The quantitative estimate of drug-likeness (QED) is 0.182. The van der Waals surface area contributed by atoms with E-state index in [0.29, 0.717) is 16.9 Å². The van der Waals surface area contributed by atoms with E-state index in [2.05, 4.69) is 30.7 Å². The number of anilines is 2. The number of aromatic nitrogens is 4. The molecular weight excluding hydrogens is 683 g/mol. The highest BCUT2D eigenvalue weighted by Crippen LogP contribution is 2.39. The second-order valence-electron chi connectivity index (χ2n) is 12.0. The second-order valence-corrected chi connectivity index (χ2v) is 13.8. The fraction of sp³-hybridized carbons (Fsp3) is 0.312. The number of benzene rings is 2. The number of nitrogens with one attached hydrogen (secondary N) is 3. The van der Waals surface area contributed by atoms with E-state index in [0.717, 1.165) is 22.9 Å². The number of hydrogen-bond acceptors (Lipinski definition) is 9. The standard InChI is InChI=1S/C30H35N7O5S.C2HF3O2/c1-18-10-11-20(13-26(18)37-17-25(34-36-37)29(39)32-19(2)21-9-8-12-31-16-21)28(38)33-23-14-22(30(3,4)5)15-24(27(23)42-6)35-43(7,40)41;3-2(4,5)1(6)7/h8-17,19,35H,1-7H3,(H,32,39)(H,33,38);(H,6,7). The molecule has 50 heavy (non-hydrogen) atoms. The highest BCUT2D eigenvalue weighted by atomic mass is 32.2. The number of carbonyl (C=O) groups excluding carboxylic acids is 2. The number of nitrogens with zero attached hydrogens (tertiary/aromatic N) is 4. The molecule has 2 aromatic carbocycles. The van der Waals surface area contributed by atoms with Crippen molar-refractivity contribution in [3.8, 4) is 11.4 Å². The minimum Gasteiger partial charge on any atom is -0.492 e. The average Bonchev–Trinajstić information content (AvgIpc) is 3.50. The lowest BCUT2D eigenvalue weighted by Crippen LogP contribution is -2.27. The molecule has 4 rings (SSSR count). The van der Waals surface area contributed by atoms with Gasteiger partial charge in [-0.1, -0.05) is 38.1 Å². The van der Waals surface area contributed by atoms with E-state index in [9.17, 15) is 31.2 Å². The van der Waals surface area contributed by atoms with E-state index < -0.39 is 34.0 Å². The van der Waals surface area contributed by atoms with E-state index in [1.54, 1.807) is 48.8 Å². The second kappa shape index (κ2) is 15.4. The Labute approximate surface area is 286 Å². The highest BCUT2D eigenvalue weighted by Gasteiger charge is 2.38. The summed E-state index contributed by atoms with van der Waals surface area (Å²) >= 11 is 0. The maximum Gasteiger partial charge on any atom is 0.490 e. The lowest BCUT2D eigenvalue weighted by atomic mass is 9.86. The maximum absolute atomic E-state index is 13.5. The fourth-order valence-corrected chi connectivity index (χ4v) is 4.86. The summed E-state index contributed by atoms with van der Waals surface area (Å²) in [5.41, 5.74) is 3.54.